The first-order valence-corrected chi connectivity index (χ1v) is 8.92. The maximum absolute atomic E-state index is 12.6. The van der Waals surface area contributed by atoms with Gasteiger partial charge in [0.25, 0.3) is 5.69 Å². The molecule has 0 bridgehead atoms. The van der Waals surface area contributed by atoms with E-state index in [4.69, 9.17) is 0 Å². The summed E-state index contributed by atoms with van der Waals surface area (Å²) in [5, 5.41) is 14.3. The number of hydrogen-bond acceptors (Lipinski definition) is 4. The van der Waals surface area contributed by atoms with Crippen LogP contribution in [0, 0.1) is 16.0 Å². The topological polar surface area (TPSA) is 75.5 Å². The van der Waals surface area contributed by atoms with Crippen LogP contribution < -0.4 is 5.32 Å². The number of alkyl halides is 3. The average Bonchev–Trinajstić information content (AvgIpc) is 2.57. The maximum atomic E-state index is 12.6. The third-order valence-electron chi connectivity index (χ3n) is 4.95. The number of para-hydroxylation sites is 1. The van der Waals surface area contributed by atoms with Crippen LogP contribution in [0.2, 0.25) is 0 Å². The molecule has 1 aromatic rings. The second-order valence-electron chi connectivity index (χ2n) is 7.09. The predicted octanol–water partition coefficient (Wildman–Crippen LogP) is 3.30. The van der Waals surface area contributed by atoms with Crippen molar-refractivity contribution in [1.82, 2.24) is 10.2 Å². The normalized spacial score (nSPS) is 20.4. The van der Waals surface area contributed by atoms with Gasteiger partial charge in [-0.15, -0.1) is 0 Å². The van der Waals surface area contributed by atoms with Crippen molar-refractivity contribution >= 4 is 11.6 Å². The Morgan fingerprint density at radius 1 is 1.33 bits per heavy atom. The lowest BCUT2D eigenvalue weighted by atomic mass is 9.92. The number of benzene rings is 1. The van der Waals surface area contributed by atoms with Crippen LogP contribution in [0.15, 0.2) is 24.3 Å². The minimum Gasteiger partial charge on any atom is -0.332 e. The first-order valence-electron chi connectivity index (χ1n) is 8.92. The number of carbonyl (C=O) groups is 1. The van der Waals surface area contributed by atoms with Gasteiger partial charge in [-0.2, -0.15) is 13.2 Å². The van der Waals surface area contributed by atoms with Crippen LogP contribution in [0.5, 0.6) is 0 Å². The fourth-order valence-corrected chi connectivity index (χ4v) is 3.34. The highest BCUT2D eigenvalue weighted by molar-refractivity contribution is 5.82. The second-order valence-corrected chi connectivity index (χ2v) is 7.09. The third kappa shape index (κ3) is 5.92. The third-order valence-corrected chi connectivity index (χ3v) is 4.95. The molecule has 3 atom stereocenters. The van der Waals surface area contributed by atoms with Gasteiger partial charge in [0, 0.05) is 24.2 Å². The Morgan fingerprint density at radius 3 is 2.63 bits per heavy atom. The Hall–Kier alpha value is -2.16. The highest BCUT2D eigenvalue weighted by Gasteiger charge is 2.37. The van der Waals surface area contributed by atoms with E-state index in [1.165, 1.54) is 6.07 Å². The van der Waals surface area contributed by atoms with Crippen LogP contribution >= 0.6 is 0 Å². The van der Waals surface area contributed by atoms with Crippen molar-refractivity contribution in [3.8, 4) is 0 Å². The molecule has 0 aromatic heterocycles. The first-order chi connectivity index (χ1) is 12.6. The number of hydrogen-bond donors (Lipinski definition) is 1. The molecule has 9 heteroatoms. The molecule has 1 saturated heterocycles. The van der Waals surface area contributed by atoms with E-state index >= 15 is 0 Å². The number of carbonyl (C=O) groups excluding carboxylic acids is 1. The van der Waals surface area contributed by atoms with E-state index in [-0.39, 0.29) is 24.2 Å². The fraction of sp³-hybridized carbons (Fsp3) is 0.611. The number of nitro benzene ring substituents is 1. The SMILES string of the molecule is C[C@H](Cc1ccccc1[N+](=O)[O-])[C@H](C)N[C@H]1CCCN(CC(F)(F)F)C1=O. The lowest BCUT2D eigenvalue weighted by Gasteiger charge is -2.35. The summed E-state index contributed by atoms with van der Waals surface area (Å²) >= 11 is 0. The molecule has 1 amide bonds. The van der Waals surface area contributed by atoms with Gasteiger partial charge in [0.2, 0.25) is 5.91 Å². The van der Waals surface area contributed by atoms with Crippen LogP contribution in [0.1, 0.15) is 32.3 Å². The van der Waals surface area contributed by atoms with E-state index in [1.54, 1.807) is 18.2 Å². The molecule has 1 heterocycles. The number of piperidine rings is 1. The molecule has 0 radical (unpaired) electrons. The Morgan fingerprint density at radius 2 is 2.00 bits per heavy atom. The average molecular weight is 387 g/mol. The van der Waals surface area contributed by atoms with E-state index in [0.29, 0.717) is 24.8 Å². The molecule has 6 nitrogen and oxygen atoms in total. The number of nitro groups is 1. The number of rotatable bonds is 7. The summed E-state index contributed by atoms with van der Waals surface area (Å²) in [4.78, 5) is 23.9. The lowest BCUT2D eigenvalue weighted by molar-refractivity contribution is -0.385. The smallest absolute Gasteiger partial charge is 0.332 e. The molecule has 1 fully saturated rings. The Labute approximate surface area is 155 Å². The fourth-order valence-electron chi connectivity index (χ4n) is 3.34. The summed E-state index contributed by atoms with van der Waals surface area (Å²) in [6, 6.07) is 5.61. The standard InChI is InChI=1S/C18H24F3N3O3/c1-12(10-14-6-3-4-8-16(14)24(26)27)13(2)22-15-7-5-9-23(17(15)25)11-18(19,20)21/h3-4,6,8,12-13,15,22H,5,7,9-11H2,1-2H3/t12-,13+,15+/m1/s1. The summed E-state index contributed by atoms with van der Waals surface area (Å²) < 4.78 is 37.8. The molecule has 1 aliphatic rings. The molecule has 0 spiro atoms. The van der Waals surface area contributed by atoms with Crippen molar-refractivity contribution in [2.45, 2.75) is 51.4 Å². The van der Waals surface area contributed by atoms with E-state index in [2.05, 4.69) is 5.32 Å². The zero-order valence-corrected chi connectivity index (χ0v) is 15.3. The van der Waals surface area contributed by atoms with Crippen molar-refractivity contribution in [2.24, 2.45) is 5.92 Å². The largest absolute Gasteiger partial charge is 0.406 e. The minimum atomic E-state index is -4.41. The molecule has 150 valence electrons. The second kappa shape index (κ2) is 8.69. The van der Waals surface area contributed by atoms with Crippen molar-refractivity contribution in [3.63, 3.8) is 0 Å². The van der Waals surface area contributed by atoms with E-state index in [1.807, 2.05) is 13.8 Å². The number of nitrogens with one attached hydrogen (secondary N) is 1. The molecule has 0 saturated carbocycles. The van der Waals surface area contributed by atoms with Gasteiger partial charge < -0.3 is 10.2 Å². The monoisotopic (exact) mass is 387 g/mol. The van der Waals surface area contributed by atoms with Crippen molar-refractivity contribution < 1.29 is 22.9 Å². The minimum absolute atomic E-state index is 0.0432. The maximum Gasteiger partial charge on any atom is 0.406 e. The zero-order valence-electron chi connectivity index (χ0n) is 15.3. The van der Waals surface area contributed by atoms with E-state index < -0.39 is 29.6 Å². The predicted molar refractivity (Wildman–Crippen MR) is 94.2 cm³/mol. The van der Waals surface area contributed by atoms with Gasteiger partial charge in [-0.25, -0.2) is 0 Å². The summed E-state index contributed by atoms with van der Waals surface area (Å²) in [7, 11) is 0. The molecular weight excluding hydrogens is 363 g/mol. The molecule has 1 aliphatic heterocycles. The van der Waals surface area contributed by atoms with Gasteiger partial charge in [-0.05, 0) is 32.1 Å². The van der Waals surface area contributed by atoms with Crippen molar-refractivity contribution in [1.29, 1.82) is 0 Å². The molecular formula is C18H24F3N3O3. The van der Waals surface area contributed by atoms with Crippen LogP contribution in [0.4, 0.5) is 18.9 Å². The van der Waals surface area contributed by atoms with Crippen molar-refractivity contribution in [3.05, 3.63) is 39.9 Å². The first kappa shape index (κ1) is 21.1. The molecule has 27 heavy (non-hydrogen) atoms. The highest BCUT2D eigenvalue weighted by atomic mass is 19.4. The number of amides is 1. The Bertz CT molecular complexity index is 681. The molecule has 1 aromatic carbocycles. The number of likely N-dealkylation sites (tertiary alicyclic amines) is 1. The highest BCUT2D eigenvalue weighted by Crippen LogP contribution is 2.24. The van der Waals surface area contributed by atoms with Crippen LogP contribution in [0.3, 0.4) is 0 Å². The molecule has 1 N–H and O–H groups in total. The summed E-state index contributed by atoms with van der Waals surface area (Å²) in [5.41, 5.74) is 0.638. The molecule has 0 aliphatic carbocycles. The van der Waals surface area contributed by atoms with Crippen molar-refractivity contribution in [2.75, 3.05) is 13.1 Å². The Kier molecular flexibility index (Phi) is 6.80. The van der Waals surface area contributed by atoms with E-state index in [9.17, 15) is 28.1 Å². The Balaban J connectivity index is 1.98. The van der Waals surface area contributed by atoms with Gasteiger partial charge >= 0.3 is 6.18 Å². The summed E-state index contributed by atoms with van der Waals surface area (Å²) in [6.07, 6.45) is -3.00. The molecule has 0 unspecified atom stereocenters. The van der Waals surface area contributed by atoms with Gasteiger partial charge in [-0.1, -0.05) is 25.1 Å². The number of nitrogens with zero attached hydrogens (tertiary/aromatic N) is 2. The van der Waals surface area contributed by atoms with Gasteiger partial charge in [0.1, 0.15) is 6.54 Å². The molecule has 2 rings (SSSR count). The van der Waals surface area contributed by atoms with E-state index in [0.717, 1.165) is 4.90 Å². The van der Waals surface area contributed by atoms with Gasteiger partial charge in [0.05, 0.1) is 11.0 Å². The van der Waals surface area contributed by atoms with Crippen LogP contribution in [0.25, 0.3) is 0 Å². The lowest BCUT2D eigenvalue weighted by Crippen LogP contribution is -2.55. The van der Waals surface area contributed by atoms with Crippen LogP contribution in [-0.2, 0) is 11.2 Å². The van der Waals surface area contributed by atoms with Crippen LogP contribution in [-0.4, -0.2) is 47.1 Å². The summed E-state index contributed by atoms with van der Waals surface area (Å²) in [5.74, 6) is -0.583. The quantitative estimate of drug-likeness (QED) is 0.575. The summed E-state index contributed by atoms with van der Waals surface area (Å²) in [6.45, 7) is 2.62. The number of halogens is 3. The zero-order chi connectivity index (χ0) is 20.2. The van der Waals surface area contributed by atoms with Gasteiger partial charge in [0.15, 0.2) is 0 Å². The van der Waals surface area contributed by atoms with Gasteiger partial charge in [-0.3, -0.25) is 14.9 Å².